The summed E-state index contributed by atoms with van der Waals surface area (Å²) in [4.78, 5) is 28.3. The fraction of sp³-hybridized carbons (Fsp3) is 0.200. The number of amides is 1. The van der Waals surface area contributed by atoms with E-state index in [9.17, 15) is 9.59 Å². The van der Waals surface area contributed by atoms with Crippen molar-refractivity contribution in [3.63, 3.8) is 0 Å². The Morgan fingerprint density at radius 1 is 0.643 bits per heavy atom. The third-order valence-corrected chi connectivity index (χ3v) is 5.72. The molecule has 0 N–H and O–H groups in total. The third-order valence-electron chi connectivity index (χ3n) is 5.72. The van der Waals surface area contributed by atoms with E-state index in [0.29, 0.717) is 31.5 Å². The Morgan fingerprint density at radius 2 is 1.11 bits per heavy atom. The van der Waals surface area contributed by atoms with Crippen molar-refractivity contribution < 1.29 is 9.59 Å². The van der Waals surface area contributed by atoms with Gasteiger partial charge in [-0.2, -0.15) is 0 Å². The zero-order chi connectivity index (χ0) is 19.4. The fourth-order valence-corrected chi connectivity index (χ4v) is 4.12. The Labute approximate surface area is 165 Å². The standard InChI is InChI=1S/C25H23NO2/c27-23(20-10-4-1-5-11-20)25(22-14-8-3-9-15-22)16-18-26(19-17-25)24(28)21-12-6-2-7-13-21/h1-15H,16-19H2. The van der Waals surface area contributed by atoms with E-state index in [1.165, 1.54) is 0 Å². The summed E-state index contributed by atoms with van der Waals surface area (Å²) >= 11 is 0. The van der Waals surface area contributed by atoms with E-state index >= 15 is 0 Å². The summed E-state index contributed by atoms with van der Waals surface area (Å²) in [7, 11) is 0. The van der Waals surface area contributed by atoms with Gasteiger partial charge in [0.05, 0.1) is 5.41 Å². The highest BCUT2D eigenvalue weighted by Crippen LogP contribution is 2.39. The van der Waals surface area contributed by atoms with Gasteiger partial charge in [-0.25, -0.2) is 0 Å². The number of benzene rings is 3. The number of carbonyl (C=O) groups is 2. The second-order valence-corrected chi connectivity index (χ2v) is 7.30. The number of likely N-dealkylation sites (tertiary alicyclic amines) is 1. The molecular weight excluding hydrogens is 346 g/mol. The van der Waals surface area contributed by atoms with Crippen molar-refractivity contribution in [1.29, 1.82) is 0 Å². The lowest BCUT2D eigenvalue weighted by molar-refractivity contribution is 0.0609. The quantitative estimate of drug-likeness (QED) is 0.623. The summed E-state index contributed by atoms with van der Waals surface area (Å²) in [6.07, 6.45) is 1.26. The maximum Gasteiger partial charge on any atom is 0.253 e. The van der Waals surface area contributed by atoms with Crippen LogP contribution in [0.1, 0.15) is 39.1 Å². The van der Waals surface area contributed by atoms with Crippen LogP contribution >= 0.6 is 0 Å². The van der Waals surface area contributed by atoms with Crippen molar-refractivity contribution in [2.24, 2.45) is 0 Å². The summed E-state index contributed by atoms with van der Waals surface area (Å²) in [5, 5.41) is 0. The van der Waals surface area contributed by atoms with Gasteiger partial charge in [0.25, 0.3) is 5.91 Å². The molecule has 1 aliphatic heterocycles. The van der Waals surface area contributed by atoms with Crippen LogP contribution < -0.4 is 0 Å². The molecule has 1 heterocycles. The van der Waals surface area contributed by atoms with Crippen molar-refractivity contribution in [1.82, 2.24) is 4.90 Å². The number of nitrogens with zero attached hydrogens (tertiary/aromatic N) is 1. The lowest BCUT2D eigenvalue weighted by Crippen LogP contribution is -2.49. The maximum absolute atomic E-state index is 13.6. The van der Waals surface area contributed by atoms with Crippen molar-refractivity contribution in [3.05, 3.63) is 108 Å². The molecule has 0 saturated carbocycles. The summed E-state index contributed by atoms with van der Waals surface area (Å²) in [6, 6.07) is 28.9. The molecule has 1 saturated heterocycles. The Kier molecular flexibility index (Phi) is 5.07. The highest BCUT2D eigenvalue weighted by Gasteiger charge is 2.43. The molecule has 0 bridgehead atoms. The van der Waals surface area contributed by atoms with Gasteiger partial charge in [-0.15, -0.1) is 0 Å². The first-order valence-electron chi connectivity index (χ1n) is 9.70. The summed E-state index contributed by atoms with van der Waals surface area (Å²) < 4.78 is 0. The van der Waals surface area contributed by atoms with Crippen LogP contribution in [0.4, 0.5) is 0 Å². The van der Waals surface area contributed by atoms with E-state index in [2.05, 4.69) is 0 Å². The monoisotopic (exact) mass is 369 g/mol. The summed E-state index contributed by atoms with van der Waals surface area (Å²) in [5.74, 6) is 0.181. The van der Waals surface area contributed by atoms with Gasteiger partial charge in [-0.05, 0) is 30.5 Å². The number of ketones is 1. The molecule has 28 heavy (non-hydrogen) atoms. The van der Waals surface area contributed by atoms with Gasteiger partial charge in [0.1, 0.15) is 0 Å². The van der Waals surface area contributed by atoms with Crippen molar-refractivity contribution in [2.45, 2.75) is 18.3 Å². The minimum atomic E-state index is -0.587. The van der Waals surface area contributed by atoms with Gasteiger partial charge in [0.2, 0.25) is 0 Å². The number of hydrogen-bond acceptors (Lipinski definition) is 2. The second-order valence-electron chi connectivity index (χ2n) is 7.30. The zero-order valence-corrected chi connectivity index (χ0v) is 15.8. The molecule has 3 aromatic rings. The molecule has 1 aliphatic rings. The first-order valence-corrected chi connectivity index (χ1v) is 9.70. The van der Waals surface area contributed by atoms with E-state index in [-0.39, 0.29) is 11.7 Å². The van der Waals surface area contributed by atoms with Gasteiger partial charge in [0, 0.05) is 24.2 Å². The topological polar surface area (TPSA) is 37.4 Å². The van der Waals surface area contributed by atoms with Crippen LogP contribution in [0.3, 0.4) is 0 Å². The fourth-order valence-electron chi connectivity index (χ4n) is 4.12. The molecule has 0 radical (unpaired) electrons. The molecular formula is C25H23NO2. The van der Waals surface area contributed by atoms with Gasteiger partial charge < -0.3 is 4.90 Å². The average Bonchev–Trinajstić information content (AvgIpc) is 2.80. The van der Waals surface area contributed by atoms with E-state index in [1.54, 1.807) is 0 Å². The molecule has 140 valence electrons. The molecule has 3 nitrogen and oxygen atoms in total. The van der Waals surface area contributed by atoms with Crippen LogP contribution in [0.5, 0.6) is 0 Å². The Hall–Kier alpha value is -3.20. The highest BCUT2D eigenvalue weighted by atomic mass is 16.2. The highest BCUT2D eigenvalue weighted by molar-refractivity contribution is 6.04. The van der Waals surface area contributed by atoms with Crippen LogP contribution in [-0.2, 0) is 5.41 Å². The number of carbonyl (C=O) groups excluding carboxylic acids is 2. The number of piperidine rings is 1. The number of rotatable bonds is 4. The molecule has 3 heteroatoms. The predicted octanol–water partition coefficient (Wildman–Crippen LogP) is 4.74. The number of hydrogen-bond donors (Lipinski definition) is 0. The first kappa shape index (κ1) is 18.2. The van der Waals surface area contributed by atoms with Gasteiger partial charge in [-0.3, -0.25) is 9.59 Å². The number of Topliss-reactive ketones (excluding diaryl/α,β-unsaturated/α-hetero) is 1. The van der Waals surface area contributed by atoms with E-state index in [0.717, 1.165) is 11.1 Å². The molecule has 3 aromatic carbocycles. The van der Waals surface area contributed by atoms with Crippen LogP contribution in [0.25, 0.3) is 0 Å². The van der Waals surface area contributed by atoms with Crippen molar-refractivity contribution in [2.75, 3.05) is 13.1 Å². The largest absolute Gasteiger partial charge is 0.339 e. The lowest BCUT2D eigenvalue weighted by Gasteiger charge is -2.41. The average molecular weight is 369 g/mol. The minimum absolute atomic E-state index is 0.0365. The molecule has 0 spiro atoms. The maximum atomic E-state index is 13.6. The summed E-state index contributed by atoms with van der Waals surface area (Å²) in [6.45, 7) is 1.14. The van der Waals surface area contributed by atoms with Crippen LogP contribution in [0.15, 0.2) is 91.0 Å². The molecule has 0 atom stereocenters. The van der Waals surface area contributed by atoms with E-state index < -0.39 is 5.41 Å². The molecule has 0 aromatic heterocycles. The minimum Gasteiger partial charge on any atom is -0.339 e. The Morgan fingerprint density at radius 3 is 1.64 bits per heavy atom. The Balaban J connectivity index is 1.62. The van der Waals surface area contributed by atoms with Gasteiger partial charge in [0.15, 0.2) is 5.78 Å². The Bertz CT molecular complexity index is 944. The van der Waals surface area contributed by atoms with Gasteiger partial charge in [-0.1, -0.05) is 78.9 Å². The van der Waals surface area contributed by atoms with Crippen molar-refractivity contribution >= 4 is 11.7 Å². The van der Waals surface area contributed by atoms with Crippen LogP contribution in [0, 0.1) is 0 Å². The smallest absolute Gasteiger partial charge is 0.253 e. The lowest BCUT2D eigenvalue weighted by atomic mass is 9.68. The van der Waals surface area contributed by atoms with E-state index in [4.69, 9.17) is 0 Å². The zero-order valence-electron chi connectivity index (χ0n) is 15.8. The predicted molar refractivity (Wildman–Crippen MR) is 110 cm³/mol. The third kappa shape index (κ3) is 3.36. The summed E-state index contributed by atoms with van der Waals surface area (Å²) in [5.41, 5.74) is 1.88. The molecule has 0 unspecified atom stereocenters. The van der Waals surface area contributed by atoms with E-state index in [1.807, 2.05) is 95.9 Å². The van der Waals surface area contributed by atoms with Crippen molar-refractivity contribution in [3.8, 4) is 0 Å². The van der Waals surface area contributed by atoms with Gasteiger partial charge >= 0.3 is 0 Å². The normalized spacial score (nSPS) is 15.8. The molecule has 0 aliphatic carbocycles. The van der Waals surface area contributed by atoms with Crippen LogP contribution in [0.2, 0.25) is 0 Å². The molecule has 1 fully saturated rings. The SMILES string of the molecule is O=C(c1ccccc1)N1CCC(C(=O)c2ccccc2)(c2ccccc2)CC1. The molecule has 4 rings (SSSR count). The first-order chi connectivity index (χ1) is 13.7. The second kappa shape index (κ2) is 7.81. The molecule has 1 amide bonds. The van der Waals surface area contributed by atoms with Crippen LogP contribution in [-0.4, -0.2) is 29.7 Å².